The molecule has 23 heavy (non-hydrogen) atoms. The quantitative estimate of drug-likeness (QED) is 0.838. The van der Waals surface area contributed by atoms with Gasteiger partial charge in [-0.3, -0.25) is 4.79 Å². The molecule has 7 heteroatoms. The van der Waals surface area contributed by atoms with E-state index < -0.39 is 12.1 Å². The molecular formula is C16H22F3N3O. The summed E-state index contributed by atoms with van der Waals surface area (Å²) in [5.74, 6) is -1.54. The molecule has 1 aliphatic carbocycles. The summed E-state index contributed by atoms with van der Waals surface area (Å²) in [4.78, 5) is 14.3. The molecule has 0 aliphatic heterocycles. The van der Waals surface area contributed by atoms with Crippen LogP contribution >= 0.6 is 0 Å². The van der Waals surface area contributed by atoms with E-state index in [9.17, 15) is 18.0 Å². The molecule has 4 nitrogen and oxygen atoms in total. The predicted molar refractivity (Wildman–Crippen MR) is 84.4 cm³/mol. The average molecular weight is 329 g/mol. The van der Waals surface area contributed by atoms with Gasteiger partial charge in [0.05, 0.1) is 11.5 Å². The zero-order valence-electron chi connectivity index (χ0n) is 13.3. The third-order valence-electron chi connectivity index (χ3n) is 4.27. The minimum atomic E-state index is -4.14. The highest BCUT2D eigenvalue weighted by Crippen LogP contribution is 2.37. The number of nitrogens with zero attached hydrogens (tertiary/aromatic N) is 1. The van der Waals surface area contributed by atoms with E-state index >= 15 is 0 Å². The summed E-state index contributed by atoms with van der Waals surface area (Å²) >= 11 is 0. The van der Waals surface area contributed by atoms with Crippen LogP contribution in [0.5, 0.6) is 0 Å². The van der Waals surface area contributed by atoms with Gasteiger partial charge >= 0.3 is 6.18 Å². The fraction of sp³-hybridized carbons (Fsp3) is 0.562. The van der Waals surface area contributed by atoms with Gasteiger partial charge in [0, 0.05) is 31.5 Å². The van der Waals surface area contributed by atoms with Crippen molar-refractivity contribution in [1.29, 1.82) is 0 Å². The predicted octanol–water partition coefficient (Wildman–Crippen LogP) is 3.19. The standard InChI is InChI=1S/C16H22F3N3O/c1-22(2)14-8-5-11(20)9-13(14)15(23)21-12-6-3-10(4-7-12)16(17,18)19/h5,8-10,12H,3-4,6-7,20H2,1-2H3,(H,21,23)/t10-,12-. The third-order valence-corrected chi connectivity index (χ3v) is 4.27. The van der Waals surface area contributed by atoms with Crippen LogP contribution in [0.2, 0.25) is 0 Å². The molecule has 0 spiro atoms. The number of anilines is 2. The van der Waals surface area contributed by atoms with Crippen LogP contribution in [-0.4, -0.2) is 32.2 Å². The molecule has 0 heterocycles. The van der Waals surface area contributed by atoms with Crippen molar-refractivity contribution in [3.8, 4) is 0 Å². The molecule has 1 fully saturated rings. The minimum Gasteiger partial charge on any atom is -0.399 e. The maximum Gasteiger partial charge on any atom is 0.391 e. The average Bonchev–Trinajstić information content (AvgIpc) is 2.46. The van der Waals surface area contributed by atoms with Crippen molar-refractivity contribution in [2.24, 2.45) is 5.92 Å². The van der Waals surface area contributed by atoms with Crippen LogP contribution in [0.3, 0.4) is 0 Å². The molecular weight excluding hydrogens is 307 g/mol. The molecule has 1 aromatic rings. The zero-order valence-corrected chi connectivity index (χ0v) is 13.3. The van der Waals surface area contributed by atoms with Gasteiger partial charge in [-0.1, -0.05) is 0 Å². The third kappa shape index (κ3) is 4.30. The van der Waals surface area contributed by atoms with E-state index in [4.69, 9.17) is 5.73 Å². The smallest absolute Gasteiger partial charge is 0.391 e. The van der Waals surface area contributed by atoms with E-state index in [-0.39, 0.29) is 24.8 Å². The van der Waals surface area contributed by atoms with Gasteiger partial charge in [0.25, 0.3) is 5.91 Å². The topological polar surface area (TPSA) is 58.4 Å². The first-order valence-corrected chi connectivity index (χ1v) is 7.63. The number of halogens is 3. The molecule has 1 saturated carbocycles. The number of nitrogens with two attached hydrogens (primary N) is 1. The fourth-order valence-electron chi connectivity index (χ4n) is 2.95. The van der Waals surface area contributed by atoms with Crippen molar-refractivity contribution in [2.45, 2.75) is 37.9 Å². The van der Waals surface area contributed by atoms with Crippen LogP contribution in [0.1, 0.15) is 36.0 Å². The van der Waals surface area contributed by atoms with Gasteiger partial charge in [-0.15, -0.1) is 0 Å². The SMILES string of the molecule is CN(C)c1ccc(N)cc1C(=O)N[C@H]1CC[C@H](C(F)(F)F)CC1. The lowest BCUT2D eigenvalue weighted by Crippen LogP contribution is -2.40. The van der Waals surface area contributed by atoms with Crippen molar-refractivity contribution >= 4 is 17.3 Å². The number of amides is 1. The molecule has 3 N–H and O–H groups in total. The monoisotopic (exact) mass is 329 g/mol. The lowest BCUT2D eigenvalue weighted by atomic mass is 9.85. The summed E-state index contributed by atoms with van der Waals surface area (Å²) in [5, 5.41) is 2.84. The number of benzene rings is 1. The maximum absolute atomic E-state index is 12.7. The van der Waals surface area contributed by atoms with Gasteiger partial charge in [0.1, 0.15) is 0 Å². The second-order valence-corrected chi connectivity index (χ2v) is 6.23. The molecule has 1 amide bonds. The van der Waals surface area contributed by atoms with Crippen LogP contribution < -0.4 is 16.0 Å². The Kier molecular flexibility index (Phi) is 5.06. The van der Waals surface area contributed by atoms with Gasteiger partial charge in [-0.25, -0.2) is 0 Å². The van der Waals surface area contributed by atoms with Crippen molar-refractivity contribution in [3.05, 3.63) is 23.8 Å². The zero-order chi connectivity index (χ0) is 17.2. The van der Waals surface area contributed by atoms with E-state index in [1.165, 1.54) is 0 Å². The van der Waals surface area contributed by atoms with Crippen molar-refractivity contribution in [3.63, 3.8) is 0 Å². The molecule has 128 valence electrons. The molecule has 1 aliphatic rings. The number of carbonyl (C=O) groups is 1. The Labute approximate surface area is 133 Å². The number of rotatable bonds is 3. The molecule has 0 radical (unpaired) electrons. The second-order valence-electron chi connectivity index (χ2n) is 6.23. The number of nitrogens with one attached hydrogen (secondary N) is 1. The molecule has 0 bridgehead atoms. The number of hydrogen-bond acceptors (Lipinski definition) is 3. The van der Waals surface area contributed by atoms with E-state index in [0.717, 1.165) is 5.69 Å². The lowest BCUT2D eigenvalue weighted by Gasteiger charge is -2.30. The van der Waals surface area contributed by atoms with Crippen molar-refractivity contribution in [2.75, 3.05) is 24.7 Å². The van der Waals surface area contributed by atoms with Gasteiger partial charge in [-0.05, 0) is 43.9 Å². The largest absolute Gasteiger partial charge is 0.399 e. The number of carbonyl (C=O) groups excluding carboxylic acids is 1. The first-order valence-electron chi connectivity index (χ1n) is 7.63. The number of nitrogen functional groups attached to an aromatic ring is 1. The molecule has 0 unspecified atom stereocenters. The highest BCUT2D eigenvalue weighted by molar-refractivity contribution is 6.00. The number of hydrogen-bond donors (Lipinski definition) is 2. The van der Waals surface area contributed by atoms with E-state index in [0.29, 0.717) is 24.1 Å². The molecule has 1 aromatic carbocycles. The Morgan fingerprint density at radius 3 is 2.35 bits per heavy atom. The summed E-state index contributed by atoms with van der Waals surface area (Å²) in [5.41, 5.74) is 7.38. The van der Waals surface area contributed by atoms with Crippen LogP contribution in [0.4, 0.5) is 24.5 Å². The Morgan fingerprint density at radius 2 is 1.83 bits per heavy atom. The van der Waals surface area contributed by atoms with Crippen LogP contribution in [0.15, 0.2) is 18.2 Å². The Balaban J connectivity index is 2.02. The highest BCUT2D eigenvalue weighted by atomic mass is 19.4. The van der Waals surface area contributed by atoms with Crippen molar-refractivity contribution < 1.29 is 18.0 Å². The minimum absolute atomic E-state index is 0.0614. The summed E-state index contributed by atoms with van der Waals surface area (Å²) in [6.45, 7) is 0. The van der Waals surface area contributed by atoms with E-state index in [2.05, 4.69) is 5.32 Å². The number of alkyl halides is 3. The Hall–Kier alpha value is -1.92. The molecule has 2 rings (SSSR count). The van der Waals surface area contributed by atoms with Crippen LogP contribution in [0, 0.1) is 5.92 Å². The molecule has 0 saturated heterocycles. The summed E-state index contributed by atoms with van der Waals surface area (Å²) in [6, 6.07) is 4.83. The van der Waals surface area contributed by atoms with Gasteiger partial charge < -0.3 is 16.0 Å². The van der Waals surface area contributed by atoms with Gasteiger partial charge in [-0.2, -0.15) is 13.2 Å². The first-order chi connectivity index (χ1) is 10.7. The normalized spacial score (nSPS) is 21.8. The summed E-state index contributed by atoms with van der Waals surface area (Å²) in [7, 11) is 3.63. The van der Waals surface area contributed by atoms with Crippen LogP contribution in [-0.2, 0) is 0 Å². The molecule has 0 atom stereocenters. The second kappa shape index (κ2) is 6.68. The van der Waals surface area contributed by atoms with Crippen molar-refractivity contribution in [1.82, 2.24) is 5.32 Å². The maximum atomic E-state index is 12.7. The fourth-order valence-corrected chi connectivity index (χ4v) is 2.95. The summed E-state index contributed by atoms with van der Waals surface area (Å²) in [6.07, 6.45) is -3.33. The highest BCUT2D eigenvalue weighted by Gasteiger charge is 2.41. The molecule has 0 aromatic heterocycles. The van der Waals surface area contributed by atoms with Crippen LogP contribution in [0.25, 0.3) is 0 Å². The van der Waals surface area contributed by atoms with Gasteiger partial charge in [0.2, 0.25) is 0 Å². The van der Waals surface area contributed by atoms with E-state index in [1.54, 1.807) is 23.1 Å². The Bertz CT molecular complexity index is 564. The first kappa shape index (κ1) is 17.4. The van der Waals surface area contributed by atoms with E-state index in [1.807, 2.05) is 14.1 Å². The summed E-state index contributed by atoms with van der Waals surface area (Å²) < 4.78 is 38.0. The Morgan fingerprint density at radius 1 is 1.22 bits per heavy atom. The van der Waals surface area contributed by atoms with Gasteiger partial charge in [0.15, 0.2) is 0 Å². The lowest BCUT2D eigenvalue weighted by molar-refractivity contribution is -0.182.